The second kappa shape index (κ2) is 20.0. The van der Waals surface area contributed by atoms with Crippen LogP contribution in [0.3, 0.4) is 0 Å². The first-order chi connectivity index (χ1) is 29.7. The van der Waals surface area contributed by atoms with E-state index in [2.05, 4.69) is 31.2 Å². The SMILES string of the molecule is NC(=O)[C@@H]1CSc2ccc([N+](=O)[O-])cc2C(=O)N2C[C@H](O)C[C@H]2C(=O)N[C@H](Cc2ccccc2)C(=O)N[C@@H](CCCN=C(N)N)C(=O)N[C@@H](Cc2c[nH]c3ccccc23)C(=O)N1. The zero-order valence-electron chi connectivity index (χ0n) is 33.3. The zero-order chi connectivity index (χ0) is 44.5. The fourth-order valence-corrected chi connectivity index (χ4v) is 8.44. The summed E-state index contributed by atoms with van der Waals surface area (Å²) in [6, 6.07) is 12.8. The van der Waals surface area contributed by atoms with Crippen molar-refractivity contribution in [2.24, 2.45) is 22.2 Å². The molecule has 1 saturated heterocycles. The number of rotatable bonds is 10. The van der Waals surface area contributed by atoms with Gasteiger partial charge in [0.1, 0.15) is 30.2 Å². The predicted octanol–water partition coefficient (Wildman–Crippen LogP) is -0.279. The van der Waals surface area contributed by atoms with Crippen molar-refractivity contribution in [2.75, 3.05) is 18.8 Å². The molecule has 1 fully saturated rings. The van der Waals surface area contributed by atoms with Crippen molar-refractivity contribution in [3.05, 3.63) is 106 Å². The summed E-state index contributed by atoms with van der Waals surface area (Å²) in [6.45, 7) is -0.238. The number of non-ortho nitro benzene ring substituents is 1. The number of aromatic amines is 1. The van der Waals surface area contributed by atoms with Crippen molar-refractivity contribution in [2.45, 2.75) is 73.3 Å². The van der Waals surface area contributed by atoms with Crippen LogP contribution in [0.1, 0.15) is 40.7 Å². The number of guanidine groups is 1. The van der Waals surface area contributed by atoms with Gasteiger partial charge in [-0.3, -0.25) is 43.9 Å². The summed E-state index contributed by atoms with van der Waals surface area (Å²) < 4.78 is 0. The van der Waals surface area contributed by atoms with E-state index in [1.165, 1.54) is 6.07 Å². The maximum atomic E-state index is 14.4. The first kappa shape index (κ1) is 44.5. The topological polar surface area (TPSA) is 323 Å². The number of primary amides is 1. The number of nitrogens with zero attached hydrogens (tertiary/aromatic N) is 3. The van der Waals surface area contributed by atoms with Crippen LogP contribution in [0.4, 0.5) is 5.69 Å². The lowest BCUT2D eigenvalue weighted by Gasteiger charge is -2.28. The van der Waals surface area contributed by atoms with Gasteiger partial charge in [-0.05, 0) is 36.1 Å². The molecule has 0 bridgehead atoms. The number of hydrogen-bond acceptors (Lipinski definition) is 11. The Labute approximate surface area is 359 Å². The van der Waals surface area contributed by atoms with E-state index in [0.29, 0.717) is 11.1 Å². The van der Waals surface area contributed by atoms with Crippen molar-refractivity contribution in [3.8, 4) is 0 Å². The minimum atomic E-state index is -1.39. The number of benzene rings is 3. The van der Waals surface area contributed by atoms with Crippen LogP contribution in [-0.4, -0.2) is 116 Å². The number of amides is 6. The largest absolute Gasteiger partial charge is 0.391 e. The summed E-state index contributed by atoms with van der Waals surface area (Å²) in [5.74, 6) is -5.43. The molecule has 6 atom stereocenters. The molecule has 21 heteroatoms. The summed E-state index contributed by atoms with van der Waals surface area (Å²) in [5.41, 5.74) is 18.2. The molecule has 326 valence electrons. The summed E-state index contributed by atoms with van der Waals surface area (Å²) >= 11 is 0.892. The van der Waals surface area contributed by atoms with E-state index in [4.69, 9.17) is 17.2 Å². The minimum absolute atomic E-state index is 0.0240. The van der Waals surface area contributed by atoms with Crippen LogP contribution in [0.25, 0.3) is 10.9 Å². The van der Waals surface area contributed by atoms with E-state index in [9.17, 15) is 44.0 Å². The maximum Gasteiger partial charge on any atom is 0.270 e. The molecule has 20 nitrogen and oxygen atoms in total. The summed E-state index contributed by atoms with van der Waals surface area (Å²) in [7, 11) is 0. The lowest BCUT2D eigenvalue weighted by molar-refractivity contribution is -0.384. The summed E-state index contributed by atoms with van der Waals surface area (Å²) in [6.07, 6.45) is 0.322. The van der Waals surface area contributed by atoms with Crippen LogP contribution in [0.15, 0.2) is 88.9 Å². The molecular weight excluding hydrogens is 823 g/mol. The van der Waals surface area contributed by atoms with Crippen molar-refractivity contribution in [1.82, 2.24) is 31.2 Å². The Morgan fingerprint density at radius 1 is 0.855 bits per heavy atom. The highest BCUT2D eigenvalue weighted by atomic mass is 32.2. The highest BCUT2D eigenvalue weighted by Gasteiger charge is 2.42. The quantitative estimate of drug-likeness (QED) is 0.0327. The molecule has 0 saturated carbocycles. The fraction of sp³-hybridized carbons (Fsp3) is 0.341. The number of aliphatic hydroxyl groups is 1. The second-order valence-electron chi connectivity index (χ2n) is 15.0. The van der Waals surface area contributed by atoms with E-state index in [0.717, 1.165) is 39.7 Å². The molecule has 3 aromatic carbocycles. The number of carbonyl (C=O) groups is 6. The van der Waals surface area contributed by atoms with Crippen molar-refractivity contribution in [1.29, 1.82) is 0 Å². The predicted molar refractivity (Wildman–Crippen MR) is 228 cm³/mol. The maximum absolute atomic E-state index is 14.4. The van der Waals surface area contributed by atoms with Gasteiger partial charge in [0.15, 0.2) is 5.96 Å². The molecule has 0 aliphatic carbocycles. The number of para-hydroxylation sites is 1. The molecule has 62 heavy (non-hydrogen) atoms. The van der Waals surface area contributed by atoms with Crippen LogP contribution in [0, 0.1) is 10.1 Å². The Hall–Kier alpha value is -7.00. The smallest absolute Gasteiger partial charge is 0.270 e. The second-order valence-corrected chi connectivity index (χ2v) is 16.0. The monoisotopic (exact) mass is 869 g/mol. The Bertz CT molecular complexity index is 2370. The molecule has 0 unspecified atom stereocenters. The number of thioether (sulfide) groups is 1. The van der Waals surface area contributed by atoms with Crippen molar-refractivity contribution in [3.63, 3.8) is 0 Å². The van der Waals surface area contributed by atoms with Gasteiger partial charge in [0.2, 0.25) is 29.5 Å². The Kier molecular flexibility index (Phi) is 14.4. The first-order valence-electron chi connectivity index (χ1n) is 19.7. The average molecular weight is 870 g/mol. The normalized spacial score (nSPS) is 22.7. The van der Waals surface area contributed by atoms with Gasteiger partial charge in [-0.25, -0.2) is 0 Å². The van der Waals surface area contributed by atoms with Crippen LogP contribution in [-0.2, 0) is 36.8 Å². The number of nitro groups is 1. The number of aliphatic imine (C=N–C) groups is 1. The number of carbonyl (C=O) groups excluding carboxylic acids is 6. The third kappa shape index (κ3) is 11.0. The molecule has 6 amide bonds. The molecule has 1 aromatic heterocycles. The van der Waals surface area contributed by atoms with Crippen LogP contribution < -0.4 is 38.5 Å². The Morgan fingerprint density at radius 2 is 1.52 bits per heavy atom. The third-order valence-corrected chi connectivity index (χ3v) is 11.7. The number of fused-ring (bicyclic) bond motifs is 3. The van der Waals surface area contributed by atoms with Crippen LogP contribution in [0.2, 0.25) is 0 Å². The number of H-pyrrole nitrogens is 1. The van der Waals surface area contributed by atoms with E-state index >= 15 is 0 Å². The lowest BCUT2D eigenvalue weighted by Crippen LogP contribution is -2.59. The van der Waals surface area contributed by atoms with Crippen LogP contribution in [0.5, 0.6) is 0 Å². The van der Waals surface area contributed by atoms with Gasteiger partial charge in [0, 0.05) is 72.2 Å². The zero-order valence-corrected chi connectivity index (χ0v) is 34.1. The molecule has 6 rings (SSSR count). The molecule has 2 aliphatic heterocycles. The molecule has 12 N–H and O–H groups in total. The van der Waals surface area contributed by atoms with Gasteiger partial charge < -0.3 is 53.5 Å². The van der Waals surface area contributed by atoms with E-state index in [-0.39, 0.29) is 67.4 Å². The molecule has 2 aliphatic rings. The van der Waals surface area contributed by atoms with E-state index in [1.807, 2.05) is 18.2 Å². The third-order valence-electron chi connectivity index (χ3n) is 10.5. The van der Waals surface area contributed by atoms with E-state index < -0.39 is 82.4 Å². The summed E-state index contributed by atoms with van der Waals surface area (Å²) in [4.78, 5) is 104. The molecule has 3 heterocycles. The van der Waals surface area contributed by atoms with E-state index in [1.54, 1.807) is 42.6 Å². The van der Waals surface area contributed by atoms with Crippen molar-refractivity contribution < 1.29 is 38.8 Å². The minimum Gasteiger partial charge on any atom is -0.391 e. The van der Waals surface area contributed by atoms with Gasteiger partial charge in [-0.1, -0.05) is 48.5 Å². The highest BCUT2D eigenvalue weighted by Crippen LogP contribution is 2.31. The molecule has 0 radical (unpaired) electrons. The summed E-state index contributed by atoms with van der Waals surface area (Å²) in [5, 5.41) is 34.2. The van der Waals surface area contributed by atoms with Gasteiger partial charge in [0.05, 0.1) is 16.6 Å². The number of aliphatic hydroxyl groups excluding tert-OH is 1. The number of nitrogens with one attached hydrogen (secondary N) is 5. The molecular formula is C41H47N11O9S. The average Bonchev–Trinajstić information content (AvgIpc) is 3.85. The fourth-order valence-electron chi connectivity index (χ4n) is 7.38. The number of hydrogen-bond donors (Lipinski definition) is 9. The number of nitro benzene ring substituents is 1. The Balaban J connectivity index is 1.43. The van der Waals surface area contributed by atoms with Gasteiger partial charge >= 0.3 is 0 Å². The van der Waals surface area contributed by atoms with Crippen molar-refractivity contribution >= 4 is 69.8 Å². The standard InChI is InChI=1S/C41H47N11O9S/c42-35(54)32-21-62-34-13-12-24(52(60)61)17-27(34)40(59)51-20-25(53)18-33(51)39(58)49-30(15-22-7-2-1-3-8-22)37(56)47-29(11-6-14-45-41(43)44)36(55)48-31(38(57)50-32)16-23-19-46-28-10-5-4-9-26(23)28/h1-5,7-10,12-13,17,19,25,29-33,46,53H,6,11,14-16,18,20-21H2,(H2,42,54)(H,47,56)(H,48,55)(H,49,58)(H,50,57)(H4,43,44,45)/t25-,29+,30-,31+,32+,33+/m1/s1. The lowest BCUT2D eigenvalue weighted by atomic mass is 10.0. The molecule has 4 aromatic rings. The van der Waals surface area contributed by atoms with Gasteiger partial charge in [-0.15, -0.1) is 11.8 Å². The van der Waals surface area contributed by atoms with Crippen LogP contribution >= 0.6 is 11.8 Å². The number of aromatic nitrogens is 1. The van der Waals surface area contributed by atoms with Gasteiger partial charge in [0.25, 0.3) is 11.6 Å². The highest BCUT2D eigenvalue weighted by molar-refractivity contribution is 7.99. The van der Waals surface area contributed by atoms with Gasteiger partial charge in [-0.2, -0.15) is 0 Å². The number of nitrogens with two attached hydrogens (primary N) is 3. The first-order valence-corrected chi connectivity index (χ1v) is 20.7. The Morgan fingerprint density at radius 3 is 2.24 bits per heavy atom. The molecule has 0 spiro atoms.